The SMILES string of the molecule is O=C(CSc1nnc(-c2ccc(Cl)cc2)n1-c1ccc(Br)cc1)c1ccc(Cl)cc1. The fourth-order valence-electron chi connectivity index (χ4n) is 2.82. The summed E-state index contributed by atoms with van der Waals surface area (Å²) in [6.45, 7) is 0. The normalized spacial score (nSPS) is 10.9. The van der Waals surface area contributed by atoms with Gasteiger partial charge in [-0.1, -0.05) is 50.9 Å². The maximum Gasteiger partial charge on any atom is 0.196 e. The van der Waals surface area contributed by atoms with Gasteiger partial charge < -0.3 is 0 Å². The molecule has 150 valence electrons. The van der Waals surface area contributed by atoms with Crippen molar-refractivity contribution < 1.29 is 4.79 Å². The van der Waals surface area contributed by atoms with Crippen molar-refractivity contribution in [3.63, 3.8) is 0 Å². The van der Waals surface area contributed by atoms with Gasteiger partial charge in [0, 0.05) is 31.3 Å². The number of rotatable bonds is 6. The smallest absolute Gasteiger partial charge is 0.196 e. The molecule has 0 radical (unpaired) electrons. The van der Waals surface area contributed by atoms with Crippen LogP contribution in [0.3, 0.4) is 0 Å². The monoisotopic (exact) mass is 517 g/mol. The number of halogens is 3. The van der Waals surface area contributed by atoms with E-state index in [1.807, 2.05) is 53.1 Å². The molecule has 4 rings (SSSR count). The van der Waals surface area contributed by atoms with E-state index in [-0.39, 0.29) is 11.5 Å². The van der Waals surface area contributed by atoms with Crippen molar-refractivity contribution in [3.05, 3.63) is 92.9 Å². The Morgan fingerprint density at radius 2 is 1.47 bits per heavy atom. The maximum atomic E-state index is 12.6. The Labute approximate surface area is 196 Å². The lowest BCUT2D eigenvalue weighted by molar-refractivity contribution is 0.102. The average molecular weight is 519 g/mol. The molecule has 0 saturated heterocycles. The highest BCUT2D eigenvalue weighted by molar-refractivity contribution is 9.10. The van der Waals surface area contributed by atoms with E-state index in [2.05, 4.69) is 26.1 Å². The predicted molar refractivity (Wildman–Crippen MR) is 126 cm³/mol. The van der Waals surface area contributed by atoms with Gasteiger partial charge in [-0.2, -0.15) is 0 Å². The summed E-state index contributed by atoms with van der Waals surface area (Å²) >= 11 is 16.7. The number of carbonyl (C=O) groups is 1. The molecule has 0 aliphatic carbocycles. The Hall–Kier alpha value is -2.12. The second-order valence-electron chi connectivity index (χ2n) is 6.34. The molecule has 0 N–H and O–H groups in total. The Balaban J connectivity index is 1.67. The van der Waals surface area contributed by atoms with Gasteiger partial charge in [-0.05, 0) is 72.8 Å². The summed E-state index contributed by atoms with van der Waals surface area (Å²) in [4.78, 5) is 12.6. The van der Waals surface area contributed by atoms with Crippen molar-refractivity contribution in [1.29, 1.82) is 0 Å². The first kappa shape index (κ1) is 21.1. The van der Waals surface area contributed by atoms with Crippen molar-refractivity contribution in [2.24, 2.45) is 0 Å². The molecule has 0 unspecified atom stereocenters. The van der Waals surface area contributed by atoms with Gasteiger partial charge in [-0.15, -0.1) is 10.2 Å². The minimum absolute atomic E-state index is 0.00457. The fraction of sp³-hybridized carbons (Fsp3) is 0.0455. The number of hydrogen-bond acceptors (Lipinski definition) is 4. The molecule has 4 aromatic rings. The third-order valence-corrected chi connectivity index (χ3v) is 6.28. The van der Waals surface area contributed by atoms with Crippen LogP contribution >= 0.6 is 50.9 Å². The summed E-state index contributed by atoms with van der Waals surface area (Å²) in [6.07, 6.45) is 0. The molecular formula is C22H14BrCl2N3OS. The fourth-order valence-corrected chi connectivity index (χ4v) is 4.18. The molecule has 4 nitrogen and oxygen atoms in total. The van der Waals surface area contributed by atoms with Crippen LogP contribution in [-0.2, 0) is 0 Å². The zero-order chi connectivity index (χ0) is 21.1. The third kappa shape index (κ3) is 4.78. The number of hydrogen-bond donors (Lipinski definition) is 0. The van der Waals surface area contributed by atoms with Gasteiger partial charge in [0.15, 0.2) is 16.8 Å². The molecule has 0 bridgehead atoms. The number of benzene rings is 3. The number of thioether (sulfide) groups is 1. The van der Waals surface area contributed by atoms with Crippen LogP contribution in [0.4, 0.5) is 0 Å². The number of Topliss-reactive ketones (excluding diaryl/α,β-unsaturated/α-hetero) is 1. The van der Waals surface area contributed by atoms with Crippen LogP contribution in [0.1, 0.15) is 10.4 Å². The van der Waals surface area contributed by atoms with E-state index in [1.54, 1.807) is 24.3 Å². The highest BCUT2D eigenvalue weighted by Gasteiger charge is 2.18. The summed E-state index contributed by atoms with van der Waals surface area (Å²) in [5.74, 6) is 0.905. The van der Waals surface area contributed by atoms with Gasteiger partial charge in [0.05, 0.1) is 5.75 Å². The quantitative estimate of drug-likeness (QED) is 0.204. The molecule has 0 amide bonds. The van der Waals surface area contributed by atoms with Crippen LogP contribution in [0.15, 0.2) is 82.4 Å². The van der Waals surface area contributed by atoms with Crippen molar-refractivity contribution in [2.75, 3.05) is 5.75 Å². The zero-order valence-electron chi connectivity index (χ0n) is 15.4. The summed E-state index contributed by atoms with van der Waals surface area (Å²) in [6, 6.07) is 22.1. The van der Waals surface area contributed by atoms with Gasteiger partial charge in [-0.3, -0.25) is 9.36 Å². The highest BCUT2D eigenvalue weighted by Crippen LogP contribution is 2.29. The minimum Gasteiger partial charge on any atom is -0.293 e. The first-order chi connectivity index (χ1) is 14.5. The Bertz CT molecular complexity index is 1180. The maximum absolute atomic E-state index is 12.6. The third-order valence-electron chi connectivity index (χ3n) is 4.32. The van der Waals surface area contributed by atoms with Gasteiger partial charge >= 0.3 is 0 Å². The predicted octanol–water partition coefficient (Wildman–Crippen LogP) is 6.98. The lowest BCUT2D eigenvalue weighted by atomic mass is 10.1. The molecule has 0 spiro atoms. The van der Waals surface area contributed by atoms with Crippen LogP contribution in [0.25, 0.3) is 17.1 Å². The van der Waals surface area contributed by atoms with Crippen LogP contribution in [-0.4, -0.2) is 26.3 Å². The van der Waals surface area contributed by atoms with E-state index in [4.69, 9.17) is 23.2 Å². The number of nitrogens with zero attached hydrogens (tertiary/aromatic N) is 3. The first-order valence-electron chi connectivity index (χ1n) is 8.90. The number of ketones is 1. The molecule has 1 heterocycles. The highest BCUT2D eigenvalue weighted by atomic mass is 79.9. The largest absolute Gasteiger partial charge is 0.293 e. The topological polar surface area (TPSA) is 47.8 Å². The summed E-state index contributed by atoms with van der Waals surface area (Å²) < 4.78 is 2.91. The lowest BCUT2D eigenvalue weighted by Gasteiger charge is -2.10. The van der Waals surface area contributed by atoms with Crippen LogP contribution in [0.5, 0.6) is 0 Å². The Kier molecular flexibility index (Phi) is 6.58. The first-order valence-corrected chi connectivity index (χ1v) is 11.4. The molecule has 0 atom stereocenters. The summed E-state index contributed by atoms with van der Waals surface area (Å²) in [7, 11) is 0. The van der Waals surface area contributed by atoms with Crippen LogP contribution in [0.2, 0.25) is 10.0 Å². The number of aromatic nitrogens is 3. The van der Waals surface area contributed by atoms with E-state index >= 15 is 0 Å². The molecular weight excluding hydrogens is 505 g/mol. The van der Waals surface area contributed by atoms with Crippen molar-refractivity contribution in [2.45, 2.75) is 5.16 Å². The molecule has 8 heteroatoms. The summed E-state index contributed by atoms with van der Waals surface area (Å²) in [5, 5.41) is 10.6. The second kappa shape index (κ2) is 9.35. The molecule has 0 saturated carbocycles. The second-order valence-corrected chi connectivity index (χ2v) is 9.07. The van der Waals surface area contributed by atoms with Crippen LogP contribution < -0.4 is 0 Å². The lowest BCUT2D eigenvalue weighted by Crippen LogP contribution is -2.05. The van der Waals surface area contributed by atoms with E-state index in [0.717, 1.165) is 15.7 Å². The van der Waals surface area contributed by atoms with E-state index < -0.39 is 0 Å². The molecule has 0 fully saturated rings. The van der Waals surface area contributed by atoms with Crippen molar-refractivity contribution in [1.82, 2.24) is 14.8 Å². The Morgan fingerprint density at radius 3 is 2.10 bits per heavy atom. The van der Waals surface area contributed by atoms with E-state index in [0.29, 0.717) is 26.6 Å². The minimum atomic E-state index is -0.00457. The average Bonchev–Trinajstić information content (AvgIpc) is 3.17. The van der Waals surface area contributed by atoms with Gasteiger partial charge in [0.1, 0.15) is 0 Å². The molecule has 30 heavy (non-hydrogen) atoms. The van der Waals surface area contributed by atoms with E-state index in [1.165, 1.54) is 11.8 Å². The van der Waals surface area contributed by atoms with E-state index in [9.17, 15) is 4.79 Å². The van der Waals surface area contributed by atoms with Crippen molar-refractivity contribution in [3.8, 4) is 17.1 Å². The van der Waals surface area contributed by atoms with Crippen molar-refractivity contribution >= 4 is 56.7 Å². The van der Waals surface area contributed by atoms with Gasteiger partial charge in [0.2, 0.25) is 0 Å². The zero-order valence-corrected chi connectivity index (χ0v) is 19.3. The molecule has 1 aromatic heterocycles. The molecule has 0 aliphatic heterocycles. The van der Waals surface area contributed by atoms with Crippen LogP contribution in [0, 0.1) is 0 Å². The van der Waals surface area contributed by atoms with Gasteiger partial charge in [-0.25, -0.2) is 0 Å². The summed E-state index contributed by atoms with van der Waals surface area (Å²) in [5.41, 5.74) is 2.39. The standard InChI is InChI=1S/C22H14BrCl2N3OS/c23-16-5-11-19(12-6-16)28-21(15-3-9-18(25)10-4-15)26-27-22(28)30-13-20(29)14-1-7-17(24)8-2-14/h1-12H,13H2. The Morgan fingerprint density at radius 1 is 0.867 bits per heavy atom. The number of carbonyl (C=O) groups excluding carboxylic acids is 1. The molecule has 3 aromatic carbocycles. The molecule has 0 aliphatic rings. The van der Waals surface area contributed by atoms with Gasteiger partial charge in [0.25, 0.3) is 0 Å².